The van der Waals surface area contributed by atoms with Gasteiger partial charge in [-0.05, 0) is 66.2 Å². The molecule has 0 bridgehead atoms. The van der Waals surface area contributed by atoms with E-state index in [0.717, 1.165) is 19.3 Å². The maximum Gasteiger partial charge on any atom is 0.308 e. The van der Waals surface area contributed by atoms with Gasteiger partial charge < -0.3 is 14.0 Å². The van der Waals surface area contributed by atoms with Crippen LogP contribution < -0.4 is 10.4 Å². The van der Waals surface area contributed by atoms with Gasteiger partial charge >= 0.3 is 5.97 Å². The first kappa shape index (κ1) is 32.5. The minimum absolute atomic E-state index is 0.160. The normalized spacial score (nSPS) is 15.6. The Labute approximate surface area is 234 Å². The van der Waals surface area contributed by atoms with Gasteiger partial charge in [-0.25, -0.2) is 0 Å². The van der Waals surface area contributed by atoms with Crippen LogP contribution in [0.2, 0.25) is 23.2 Å². The molecule has 6 heteroatoms. The van der Waals surface area contributed by atoms with Crippen LogP contribution in [0.5, 0.6) is 0 Å². The summed E-state index contributed by atoms with van der Waals surface area (Å²) < 4.78 is 14.0. The van der Waals surface area contributed by atoms with Gasteiger partial charge in [-0.15, -0.1) is 0 Å². The predicted octanol–water partition coefficient (Wildman–Crippen LogP) is 7.62. The average Bonchev–Trinajstić information content (AvgIpc) is 2.84. The zero-order valence-electron chi connectivity index (χ0n) is 25.5. The Kier molecular flexibility index (Phi) is 11.2. The molecule has 2 aromatic carbocycles. The topological polar surface area (TPSA) is 55.8 Å². The summed E-state index contributed by atoms with van der Waals surface area (Å²) in [7, 11) is -4.73. The van der Waals surface area contributed by atoms with Crippen molar-refractivity contribution in [1.29, 1.82) is 0 Å². The van der Waals surface area contributed by atoms with Crippen LogP contribution in [0.1, 0.15) is 81.1 Å². The number of hydrogen-bond acceptors (Lipinski definition) is 3. The molecule has 0 unspecified atom stereocenters. The van der Waals surface area contributed by atoms with E-state index in [9.17, 15) is 9.90 Å². The number of rotatable bonds is 13. The number of carboxylic acids is 1. The molecule has 0 aliphatic heterocycles. The van der Waals surface area contributed by atoms with Gasteiger partial charge in [0.05, 0.1) is 12.0 Å². The van der Waals surface area contributed by atoms with E-state index in [1.54, 1.807) is 6.92 Å². The molecule has 0 spiro atoms. The van der Waals surface area contributed by atoms with E-state index in [1.807, 2.05) is 12.1 Å². The lowest BCUT2D eigenvalue weighted by atomic mass is 9.98. The van der Waals surface area contributed by atoms with Crippen LogP contribution in [-0.4, -0.2) is 39.9 Å². The van der Waals surface area contributed by atoms with E-state index in [-0.39, 0.29) is 16.2 Å². The van der Waals surface area contributed by atoms with Crippen molar-refractivity contribution in [2.75, 3.05) is 0 Å². The lowest BCUT2D eigenvalue weighted by molar-refractivity contribution is -0.144. The SMILES string of the molecule is CC[C@@H](CCC[C@H](O[Si](c1ccccc1)(c1ccccc1)C(C)(C)C)[C@@H](C)C(=O)O)O[Si](C)(C)C(C)(C)C. The van der Waals surface area contributed by atoms with Gasteiger partial charge in [0.2, 0.25) is 0 Å². The number of benzene rings is 2. The predicted molar refractivity (Wildman–Crippen MR) is 166 cm³/mol. The van der Waals surface area contributed by atoms with Crippen LogP contribution in [-0.2, 0) is 13.6 Å². The standard InChI is InChI=1S/C32H52O4Si2/c1-11-26(35-37(9,10)31(3,4)5)19-18-24-29(25(2)30(33)34)36-38(32(6,7)8,27-20-14-12-15-21-27)28-22-16-13-17-23-28/h12-17,20-23,25-26,29H,11,18-19,24H2,1-10H3,(H,33,34)/t25-,26+,29+/m1/s1. The fraction of sp³-hybridized carbons (Fsp3) is 0.594. The molecule has 38 heavy (non-hydrogen) atoms. The number of hydrogen-bond donors (Lipinski definition) is 1. The summed E-state index contributed by atoms with van der Waals surface area (Å²) in [4.78, 5) is 12.3. The Morgan fingerprint density at radius 2 is 1.29 bits per heavy atom. The third-order valence-corrected chi connectivity index (χ3v) is 18.0. The van der Waals surface area contributed by atoms with Crippen molar-refractivity contribution >= 4 is 33.0 Å². The van der Waals surface area contributed by atoms with Crippen LogP contribution in [0, 0.1) is 5.92 Å². The molecule has 4 nitrogen and oxygen atoms in total. The van der Waals surface area contributed by atoms with Gasteiger partial charge in [0.1, 0.15) is 0 Å². The Hall–Kier alpha value is -1.74. The Bertz CT molecular complexity index is 954. The molecule has 2 rings (SSSR count). The molecule has 0 aliphatic rings. The molecule has 0 saturated carbocycles. The summed E-state index contributed by atoms with van der Waals surface area (Å²) in [6.07, 6.45) is 3.22. The third-order valence-electron chi connectivity index (χ3n) is 8.43. The number of carbonyl (C=O) groups is 1. The van der Waals surface area contributed by atoms with Crippen LogP contribution >= 0.6 is 0 Å². The van der Waals surface area contributed by atoms with Crippen LogP contribution in [0.15, 0.2) is 60.7 Å². The highest BCUT2D eigenvalue weighted by molar-refractivity contribution is 6.99. The molecule has 0 radical (unpaired) electrons. The van der Waals surface area contributed by atoms with Crippen molar-refractivity contribution < 1.29 is 18.8 Å². The molecule has 212 valence electrons. The van der Waals surface area contributed by atoms with E-state index in [4.69, 9.17) is 8.85 Å². The number of carboxylic acid groups (broad SMARTS) is 1. The summed E-state index contributed by atoms with van der Waals surface area (Å²) in [5.41, 5.74) is 0. The zero-order valence-corrected chi connectivity index (χ0v) is 27.5. The van der Waals surface area contributed by atoms with Gasteiger partial charge in [0.15, 0.2) is 8.32 Å². The Morgan fingerprint density at radius 3 is 1.66 bits per heavy atom. The summed E-state index contributed by atoms with van der Waals surface area (Å²) in [6, 6.07) is 21.0. The first-order valence-corrected chi connectivity index (χ1v) is 19.1. The van der Waals surface area contributed by atoms with E-state index in [1.165, 1.54) is 10.4 Å². The van der Waals surface area contributed by atoms with Crippen molar-refractivity contribution in [1.82, 2.24) is 0 Å². The minimum Gasteiger partial charge on any atom is -0.481 e. The molecular formula is C32H52O4Si2. The fourth-order valence-electron chi connectivity index (χ4n) is 4.97. The third kappa shape index (κ3) is 7.68. The van der Waals surface area contributed by atoms with Crippen molar-refractivity contribution in [2.24, 2.45) is 5.92 Å². The maximum absolute atomic E-state index is 12.3. The highest BCUT2D eigenvalue weighted by Crippen LogP contribution is 2.40. The number of aliphatic carboxylic acids is 1. The largest absolute Gasteiger partial charge is 0.481 e. The van der Waals surface area contributed by atoms with Crippen LogP contribution in [0.25, 0.3) is 0 Å². The van der Waals surface area contributed by atoms with E-state index >= 15 is 0 Å². The lowest BCUT2D eigenvalue weighted by Gasteiger charge is -2.46. The summed E-state index contributed by atoms with van der Waals surface area (Å²) in [6.45, 7) is 22.1. The summed E-state index contributed by atoms with van der Waals surface area (Å²) >= 11 is 0. The highest BCUT2D eigenvalue weighted by atomic mass is 28.4. The molecular weight excluding hydrogens is 505 g/mol. The van der Waals surface area contributed by atoms with Crippen LogP contribution in [0.3, 0.4) is 0 Å². The van der Waals surface area contributed by atoms with Crippen LogP contribution in [0.4, 0.5) is 0 Å². The second-order valence-electron chi connectivity index (χ2n) is 13.3. The Balaban J connectivity index is 2.42. The second kappa shape index (κ2) is 13.1. The fourth-order valence-corrected chi connectivity index (χ4v) is 11.2. The van der Waals surface area contributed by atoms with E-state index in [2.05, 4.69) is 110 Å². The smallest absolute Gasteiger partial charge is 0.308 e. The second-order valence-corrected chi connectivity index (χ2v) is 22.3. The quantitative estimate of drug-likeness (QED) is 0.258. The average molecular weight is 557 g/mol. The molecule has 0 saturated heterocycles. The molecule has 0 fully saturated rings. The van der Waals surface area contributed by atoms with Crippen molar-refractivity contribution in [2.45, 2.75) is 116 Å². The minimum atomic E-state index is -2.86. The molecule has 0 aromatic heterocycles. The van der Waals surface area contributed by atoms with Gasteiger partial charge in [-0.2, -0.15) is 0 Å². The first-order chi connectivity index (χ1) is 17.6. The van der Waals surface area contributed by atoms with Crippen molar-refractivity contribution in [3.05, 3.63) is 60.7 Å². The highest BCUT2D eigenvalue weighted by Gasteiger charge is 2.52. The maximum atomic E-state index is 12.3. The summed E-state index contributed by atoms with van der Waals surface area (Å²) in [5, 5.41) is 12.4. The first-order valence-electron chi connectivity index (χ1n) is 14.3. The van der Waals surface area contributed by atoms with Crippen molar-refractivity contribution in [3.8, 4) is 0 Å². The zero-order chi connectivity index (χ0) is 28.8. The lowest BCUT2D eigenvalue weighted by Crippen LogP contribution is -2.68. The molecule has 1 N–H and O–H groups in total. The van der Waals surface area contributed by atoms with Gasteiger partial charge in [0.25, 0.3) is 8.32 Å². The monoisotopic (exact) mass is 556 g/mol. The molecule has 2 aromatic rings. The molecule has 0 heterocycles. The van der Waals surface area contributed by atoms with Gasteiger partial charge in [-0.3, -0.25) is 4.79 Å². The summed E-state index contributed by atoms with van der Waals surface area (Å²) in [5.74, 6) is -1.42. The van der Waals surface area contributed by atoms with E-state index in [0.29, 0.717) is 6.42 Å². The molecule has 3 atom stereocenters. The van der Waals surface area contributed by atoms with Gasteiger partial charge in [0, 0.05) is 6.10 Å². The van der Waals surface area contributed by atoms with Crippen molar-refractivity contribution in [3.63, 3.8) is 0 Å². The molecule has 0 aliphatic carbocycles. The Morgan fingerprint density at radius 1 is 0.816 bits per heavy atom. The molecule has 0 amide bonds. The van der Waals surface area contributed by atoms with Gasteiger partial charge in [-0.1, -0.05) is 109 Å². The van der Waals surface area contributed by atoms with E-state index < -0.39 is 34.6 Å².